The van der Waals surface area contributed by atoms with Crippen LogP contribution in [0.15, 0.2) is 6.33 Å². The predicted octanol–water partition coefficient (Wildman–Crippen LogP) is 1.47. The van der Waals surface area contributed by atoms with Gasteiger partial charge in [0, 0.05) is 5.69 Å². The Balaban J connectivity index is 2.13. The second-order valence-corrected chi connectivity index (χ2v) is 4.74. The molecule has 0 aromatic carbocycles. The maximum atomic E-state index is 11.4. The fraction of sp³-hybridized carbons (Fsp3) is 0.583. The molecule has 3 rings (SSSR count). The first-order valence-electron chi connectivity index (χ1n) is 5.81. The Labute approximate surface area is 93.7 Å². The Morgan fingerprint density at radius 2 is 2.06 bits per heavy atom. The number of carbonyl (C=O) groups is 1. The average molecular weight is 218 g/mol. The van der Waals surface area contributed by atoms with Crippen molar-refractivity contribution in [1.82, 2.24) is 9.97 Å². The Hall–Kier alpha value is -1.45. The van der Waals surface area contributed by atoms with Gasteiger partial charge in [-0.3, -0.25) is 4.79 Å². The third-order valence-corrected chi connectivity index (χ3v) is 3.94. The highest BCUT2D eigenvalue weighted by Crippen LogP contribution is 2.45. The lowest BCUT2D eigenvalue weighted by molar-refractivity contribution is -0.147. The van der Waals surface area contributed by atoms with Gasteiger partial charge in [-0.15, -0.1) is 0 Å². The monoisotopic (exact) mass is 218 g/mol. The highest BCUT2D eigenvalue weighted by Gasteiger charge is 2.49. The summed E-state index contributed by atoms with van der Waals surface area (Å²) in [7, 11) is 0. The molecule has 0 saturated heterocycles. The van der Waals surface area contributed by atoms with E-state index in [9.17, 15) is 9.90 Å². The van der Waals surface area contributed by atoms with E-state index in [0.717, 1.165) is 55.5 Å². The van der Waals surface area contributed by atoms with Gasteiger partial charge in [-0.2, -0.15) is 0 Å². The number of nitrogens with zero attached hydrogens (tertiary/aromatic N) is 2. The van der Waals surface area contributed by atoms with Gasteiger partial charge >= 0.3 is 5.97 Å². The maximum absolute atomic E-state index is 11.4. The van der Waals surface area contributed by atoms with Crippen molar-refractivity contribution in [3.05, 3.63) is 23.3 Å². The first-order valence-corrected chi connectivity index (χ1v) is 5.81. The minimum atomic E-state index is -0.716. The molecule has 16 heavy (non-hydrogen) atoms. The molecule has 1 saturated carbocycles. The van der Waals surface area contributed by atoms with E-state index in [1.165, 1.54) is 6.33 Å². The number of aryl methyl sites for hydroxylation is 1. The van der Waals surface area contributed by atoms with Crippen molar-refractivity contribution in [1.29, 1.82) is 0 Å². The number of aromatic nitrogens is 2. The summed E-state index contributed by atoms with van der Waals surface area (Å²) in [6.45, 7) is 0. The first-order chi connectivity index (χ1) is 7.74. The first kappa shape index (κ1) is 9.75. The number of carboxylic acids is 1. The van der Waals surface area contributed by atoms with Gasteiger partial charge in [0.15, 0.2) is 0 Å². The molecule has 1 fully saturated rings. The SMILES string of the molecule is O=C(O)C1(c2ncnc3c2CCC3)CCC1. The van der Waals surface area contributed by atoms with Crippen LogP contribution in [-0.4, -0.2) is 21.0 Å². The van der Waals surface area contributed by atoms with Gasteiger partial charge in [-0.25, -0.2) is 9.97 Å². The molecule has 2 aliphatic rings. The fourth-order valence-corrected chi connectivity index (χ4v) is 2.85. The lowest BCUT2D eigenvalue weighted by atomic mass is 9.65. The average Bonchev–Trinajstić information content (AvgIpc) is 2.63. The van der Waals surface area contributed by atoms with Crippen molar-refractivity contribution in [2.45, 2.75) is 43.9 Å². The number of hydrogen-bond acceptors (Lipinski definition) is 3. The molecule has 2 aliphatic carbocycles. The summed E-state index contributed by atoms with van der Waals surface area (Å²) in [4.78, 5) is 20.0. The molecule has 0 atom stereocenters. The van der Waals surface area contributed by atoms with Crippen molar-refractivity contribution in [3.8, 4) is 0 Å². The van der Waals surface area contributed by atoms with E-state index in [1.54, 1.807) is 0 Å². The lowest BCUT2D eigenvalue weighted by Gasteiger charge is -2.38. The molecule has 0 aliphatic heterocycles. The topological polar surface area (TPSA) is 63.1 Å². The van der Waals surface area contributed by atoms with Crippen molar-refractivity contribution >= 4 is 5.97 Å². The third-order valence-electron chi connectivity index (χ3n) is 3.94. The smallest absolute Gasteiger partial charge is 0.315 e. The zero-order chi connectivity index (χ0) is 11.2. The van der Waals surface area contributed by atoms with Crippen LogP contribution in [0.3, 0.4) is 0 Å². The molecule has 4 heteroatoms. The zero-order valence-electron chi connectivity index (χ0n) is 9.07. The lowest BCUT2D eigenvalue weighted by Crippen LogP contribution is -2.44. The normalized spacial score (nSPS) is 21.2. The van der Waals surface area contributed by atoms with Gasteiger partial charge in [0.2, 0.25) is 0 Å². The molecule has 1 aromatic heterocycles. The third kappa shape index (κ3) is 1.13. The number of carboxylic acid groups (broad SMARTS) is 1. The highest BCUT2D eigenvalue weighted by atomic mass is 16.4. The van der Waals surface area contributed by atoms with E-state index in [2.05, 4.69) is 9.97 Å². The summed E-state index contributed by atoms with van der Waals surface area (Å²) in [5.41, 5.74) is 2.29. The van der Waals surface area contributed by atoms with Crippen LogP contribution in [0.4, 0.5) is 0 Å². The molecule has 0 bridgehead atoms. The van der Waals surface area contributed by atoms with E-state index < -0.39 is 11.4 Å². The van der Waals surface area contributed by atoms with E-state index >= 15 is 0 Å². The summed E-state index contributed by atoms with van der Waals surface area (Å²) in [5, 5.41) is 9.41. The molecule has 0 amide bonds. The second-order valence-electron chi connectivity index (χ2n) is 4.74. The van der Waals surface area contributed by atoms with Crippen LogP contribution < -0.4 is 0 Å². The Kier molecular flexibility index (Phi) is 1.99. The van der Waals surface area contributed by atoms with E-state index in [4.69, 9.17) is 0 Å². The van der Waals surface area contributed by atoms with Gasteiger partial charge in [0.1, 0.15) is 11.7 Å². The fourth-order valence-electron chi connectivity index (χ4n) is 2.85. The molecule has 84 valence electrons. The Morgan fingerprint density at radius 1 is 1.25 bits per heavy atom. The van der Waals surface area contributed by atoms with Crippen LogP contribution in [0.2, 0.25) is 0 Å². The van der Waals surface area contributed by atoms with Gasteiger partial charge in [0.25, 0.3) is 0 Å². The molecule has 1 aromatic rings. The standard InChI is InChI=1S/C12H14N2O2/c15-11(16)12(5-2-6-12)10-8-3-1-4-9(8)13-7-14-10/h7H,1-6H2,(H,15,16). The number of aliphatic carboxylic acids is 1. The summed E-state index contributed by atoms with van der Waals surface area (Å²) >= 11 is 0. The van der Waals surface area contributed by atoms with E-state index in [0.29, 0.717) is 0 Å². The van der Waals surface area contributed by atoms with Crippen LogP contribution in [-0.2, 0) is 23.1 Å². The maximum Gasteiger partial charge on any atom is 0.315 e. The largest absolute Gasteiger partial charge is 0.481 e. The minimum Gasteiger partial charge on any atom is -0.481 e. The molecular formula is C12H14N2O2. The quantitative estimate of drug-likeness (QED) is 0.816. The van der Waals surface area contributed by atoms with Gasteiger partial charge in [-0.05, 0) is 37.7 Å². The van der Waals surface area contributed by atoms with Gasteiger partial charge < -0.3 is 5.11 Å². The molecule has 0 spiro atoms. The second kappa shape index (κ2) is 3.27. The number of hydrogen-bond donors (Lipinski definition) is 1. The summed E-state index contributed by atoms with van der Waals surface area (Å²) in [6.07, 6.45) is 6.98. The summed E-state index contributed by atoms with van der Waals surface area (Å²) in [6, 6.07) is 0. The van der Waals surface area contributed by atoms with Crippen molar-refractivity contribution < 1.29 is 9.90 Å². The molecular weight excluding hydrogens is 204 g/mol. The zero-order valence-corrected chi connectivity index (χ0v) is 9.07. The van der Waals surface area contributed by atoms with Gasteiger partial charge in [0.05, 0.1) is 5.69 Å². The highest BCUT2D eigenvalue weighted by molar-refractivity contribution is 5.82. The molecule has 4 nitrogen and oxygen atoms in total. The van der Waals surface area contributed by atoms with Gasteiger partial charge in [-0.1, -0.05) is 6.42 Å². The van der Waals surface area contributed by atoms with Crippen LogP contribution >= 0.6 is 0 Å². The summed E-state index contributed by atoms with van der Waals surface area (Å²) < 4.78 is 0. The molecule has 1 heterocycles. The van der Waals surface area contributed by atoms with E-state index in [1.807, 2.05) is 0 Å². The summed E-state index contributed by atoms with van der Waals surface area (Å²) in [5.74, 6) is -0.716. The number of fused-ring (bicyclic) bond motifs is 1. The minimum absolute atomic E-state index is 0.697. The predicted molar refractivity (Wildman–Crippen MR) is 57.2 cm³/mol. The van der Waals surface area contributed by atoms with Crippen LogP contribution in [0, 0.1) is 0 Å². The van der Waals surface area contributed by atoms with E-state index in [-0.39, 0.29) is 0 Å². The van der Waals surface area contributed by atoms with Crippen molar-refractivity contribution in [2.75, 3.05) is 0 Å². The number of rotatable bonds is 2. The van der Waals surface area contributed by atoms with Crippen LogP contribution in [0.25, 0.3) is 0 Å². The molecule has 0 unspecified atom stereocenters. The van der Waals surface area contributed by atoms with Crippen LogP contribution in [0.1, 0.15) is 42.6 Å². The Bertz CT molecular complexity index is 452. The Morgan fingerprint density at radius 3 is 2.69 bits per heavy atom. The van der Waals surface area contributed by atoms with Crippen molar-refractivity contribution in [2.24, 2.45) is 0 Å². The van der Waals surface area contributed by atoms with Crippen molar-refractivity contribution in [3.63, 3.8) is 0 Å². The molecule has 0 radical (unpaired) electrons. The molecule has 1 N–H and O–H groups in total. The van der Waals surface area contributed by atoms with Crippen LogP contribution in [0.5, 0.6) is 0 Å².